The highest BCUT2D eigenvalue weighted by molar-refractivity contribution is 5.88. The number of nitro benzene ring substituents is 1. The summed E-state index contributed by atoms with van der Waals surface area (Å²) in [5.41, 5.74) is -0.281. The number of ether oxygens (including phenoxy) is 1. The van der Waals surface area contributed by atoms with Crippen molar-refractivity contribution in [2.24, 2.45) is 5.92 Å². The van der Waals surface area contributed by atoms with Crippen LogP contribution in [0, 0.1) is 16.0 Å². The summed E-state index contributed by atoms with van der Waals surface area (Å²) >= 11 is 0. The lowest BCUT2D eigenvalue weighted by Crippen LogP contribution is -2.46. The molecule has 0 aliphatic rings. The SMILES string of the molecule is CC(C)C[C@H](NC(=O)CNC(=O)COc1ccccc1[N+](=O)[O-])C(=O)O. The third-order valence-corrected chi connectivity index (χ3v) is 3.21. The first-order chi connectivity index (χ1) is 12.2. The van der Waals surface area contributed by atoms with Crippen molar-refractivity contribution in [3.05, 3.63) is 34.4 Å². The molecule has 10 heteroatoms. The number of carboxylic acid groups (broad SMARTS) is 1. The van der Waals surface area contributed by atoms with Gasteiger partial charge in [-0.05, 0) is 18.4 Å². The van der Waals surface area contributed by atoms with Crippen molar-refractivity contribution in [1.82, 2.24) is 10.6 Å². The van der Waals surface area contributed by atoms with Gasteiger partial charge < -0.3 is 20.5 Å². The van der Waals surface area contributed by atoms with Crippen LogP contribution in [0.15, 0.2) is 24.3 Å². The first-order valence-corrected chi connectivity index (χ1v) is 7.85. The number of carboxylic acids is 1. The molecule has 0 radical (unpaired) electrons. The molecule has 142 valence electrons. The molecule has 2 amide bonds. The van der Waals surface area contributed by atoms with Crippen molar-refractivity contribution in [1.29, 1.82) is 0 Å². The standard InChI is InChI=1S/C16H21N3O7/c1-10(2)7-11(16(22)23)18-14(20)8-17-15(21)9-26-13-6-4-3-5-12(13)19(24)25/h3-6,10-11H,7-9H2,1-2H3,(H,17,21)(H,18,20)(H,22,23)/t11-/m0/s1. The van der Waals surface area contributed by atoms with E-state index in [9.17, 15) is 24.5 Å². The molecule has 1 aromatic rings. The normalized spacial score (nSPS) is 11.5. The summed E-state index contributed by atoms with van der Waals surface area (Å²) < 4.78 is 5.08. The van der Waals surface area contributed by atoms with Crippen molar-refractivity contribution in [3.8, 4) is 5.75 Å². The van der Waals surface area contributed by atoms with Crippen LogP contribution in [0.2, 0.25) is 0 Å². The fourth-order valence-corrected chi connectivity index (χ4v) is 2.04. The highest BCUT2D eigenvalue weighted by Gasteiger charge is 2.21. The van der Waals surface area contributed by atoms with Gasteiger partial charge in [0, 0.05) is 6.07 Å². The molecular weight excluding hydrogens is 346 g/mol. The van der Waals surface area contributed by atoms with E-state index >= 15 is 0 Å². The third-order valence-electron chi connectivity index (χ3n) is 3.21. The van der Waals surface area contributed by atoms with Gasteiger partial charge in [-0.2, -0.15) is 0 Å². The van der Waals surface area contributed by atoms with Crippen molar-refractivity contribution in [3.63, 3.8) is 0 Å². The number of carbonyl (C=O) groups excluding carboxylic acids is 2. The van der Waals surface area contributed by atoms with Crippen molar-refractivity contribution < 1.29 is 29.2 Å². The van der Waals surface area contributed by atoms with E-state index in [2.05, 4.69) is 10.6 Å². The van der Waals surface area contributed by atoms with Gasteiger partial charge in [-0.3, -0.25) is 19.7 Å². The molecule has 0 saturated carbocycles. The van der Waals surface area contributed by atoms with Crippen LogP contribution in [0.4, 0.5) is 5.69 Å². The minimum atomic E-state index is -1.15. The predicted molar refractivity (Wildman–Crippen MR) is 90.6 cm³/mol. The zero-order valence-electron chi connectivity index (χ0n) is 14.4. The third kappa shape index (κ3) is 7.16. The molecule has 10 nitrogen and oxygen atoms in total. The lowest BCUT2D eigenvalue weighted by Gasteiger charge is -2.16. The first-order valence-electron chi connectivity index (χ1n) is 7.85. The summed E-state index contributed by atoms with van der Waals surface area (Å²) in [4.78, 5) is 44.7. The van der Waals surface area contributed by atoms with Crippen LogP contribution in [-0.4, -0.2) is 47.0 Å². The van der Waals surface area contributed by atoms with E-state index in [1.165, 1.54) is 24.3 Å². The van der Waals surface area contributed by atoms with Gasteiger partial charge >= 0.3 is 11.7 Å². The van der Waals surface area contributed by atoms with Gasteiger partial charge in [0.15, 0.2) is 12.4 Å². The van der Waals surface area contributed by atoms with Crippen molar-refractivity contribution in [2.75, 3.05) is 13.2 Å². The second-order valence-electron chi connectivity index (χ2n) is 5.88. The number of nitro groups is 1. The lowest BCUT2D eigenvalue weighted by molar-refractivity contribution is -0.385. The molecule has 1 aromatic carbocycles. The van der Waals surface area contributed by atoms with Gasteiger partial charge in [0.2, 0.25) is 5.91 Å². The van der Waals surface area contributed by atoms with Crippen molar-refractivity contribution >= 4 is 23.5 Å². The molecule has 0 spiro atoms. The van der Waals surface area contributed by atoms with Crippen LogP contribution in [-0.2, 0) is 14.4 Å². The Balaban J connectivity index is 2.46. The number of rotatable bonds is 10. The second-order valence-corrected chi connectivity index (χ2v) is 5.88. The van der Waals surface area contributed by atoms with E-state index in [1.807, 2.05) is 13.8 Å². The molecule has 1 atom stereocenters. The van der Waals surface area contributed by atoms with E-state index < -0.39 is 41.9 Å². The Morgan fingerprint density at radius 1 is 1.23 bits per heavy atom. The molecule has 0 bridgehead atoms. The number of carbonyl (C=O) groups is 3. The van der Waals surface area contributed by atoms with Crippen LogP contribution in [0.25, 0.3) is 0 Å². The van der Waals surface area contributed by atoms with Crippen LogP contribution < -0.4 is 15.4 Å². The van der Waals surface area contributed by atoms with Gasteiger partial charge in [-0.15, -0.1) is 0 Å². The zero-order valence-corrected chi connectivity index (χ0v) is 14.4. The maximum absolute atomic E-state index is 11.7. The molecule has 3 N–H and O–H groups in total. The number of nitrogens with one attached hydrogen (secondary N) is 2. The molecule has 0 aliphatic heterocycles. The summed E-state index contributed by atoms with van der Waals surface area (Å²) in [6.45, 7) is 2.70. The van der Waals surface area contributed by atoms with Gasteiger partial charge in [0.25, 0.3) is 5.91 Å². The van der Waals surface area contributed by atoms with Gasteiger partial charge in [-0.1, -0.05) is 26.0 Å². The summed E-state index contributed by atoms with van der Waals surface area (Å²) in [5, 5.41) is 24.5. The molecule has 26 heavy (non-hydrogen) atoms. The summed E-state index contributed by atoms with van der Waals surface area (Å²) in [5.74, 6) is -2.48. The Hall–Kier alpha value is -3.17. The Morgan fingerprint density at radius 2 is 1.88 bits per heavy atom. The van der Waals surface area contributed by atoms with Gasteiger partial charge in [0.05, 0.1) is 11.5 Å². The van der Waals surface area contributed by atoms with Crippen LogP contribution >= 0.6 is 0 Å². The van der Waals surface area contributed by atoms with Crippen LogP contribution in [0.3, 0.4) is 0 Å². The highest BCUT2D eigenvalue weighted by Crippen LogP contribution is 2.25. The zero-order chi connectivity index (χ0) is 19.7. The molecule has 0 aliphatic carbocycles. The monoisotopic (exact) mass is 367 g/mol. The first kappa shape index (κ1) is 20.9. The predicted octanol–water partition coefficient (Wildman–Crippen LogP) is 0.705. The fourth-order valence-electron chi connectivity index (χ4n) is 2.04. The molecule has 0 heterocycles. The van der Waals surface area contributed by atoms with E-state index in [0.29, 0.717) is 0 Å². The van der Waals surface area contributed by atoms with E-state index in [-0.39, 0.29) is 23.8 Å². The maximum atomic E-state index is 11.7. The Kier molecular flexibility index (Phi) is 8.00. The number of para-hydroxylation sites is 2. The van der Waals surface area contributed by atoms with E-state index in [0.717, 1.165) is 0 Å². The number of amides is 2. The second kappa shape index (κ2) is 9.97. The Bertz CT molecular complexity index is 676. The quantitative estimate of drug-likeness (QED) is 0.407. The number of hydrogen-bond donors (Lipinski definition) is 3. The largest absolute Gasteiger partial charge is 0.480 e. The van der Waals surface area contributed by atoms with Gasteiger partial charge in [-0.25, -0.2) is 4.79 Å². The minimum Gasteiger partial charge on any atom is -0.480 e. The van der Waals surface area contributed by atoms with Crippen molar-refractivity contribution in [2.45, 2.75) is 26.3 Å². The van der Waals surface area contributed by atoms with Crippen LogP contribution in [0.1, 0.15) is 20.3 Å². The smallest absolute Gasteiger partial charge is 0.326 e. The highest BCUT2D eigenvalue weighted by atomic mass is 16.6. The number of hydrogen-bond acceptors (Lipinski definition) is 6. The Morgan fingerprint density at radius 3 is 2.46 bits per heavy atom. The average molecular weight is 367 g/mol. The number of benzene rings is 1. The summed E-state index contributed by atoms with van der Waals surface area (Å²) in [7, 11) is 0. The number of nitrogens with zero attached hydrogens (tertiary/aromatic N) is 1. The molecular formula is C16H21N3O7. The van der Waals surface area contributed by atoms with Gasteiger partial charge in [0.1, 0.15) is 6.04 Å². The maximum Gasteiger partial charge on any atom is 0.326 e. The molecule has 0 aromatic heterocycles. The summed E-state index contributed by atoms with van der Waals surface area (Å²) in [6.07, 6.45) is 0.260. The average Bonchev–Trinajstić information content (AvgIpc) is 2.57. The Labute approximate surface area is 149 Å². The number of aliphatic carboxylic acids is 1. The molecule has 0 unspecified atom stereocenters. The van der Waals surface area contributed by atoms with E-state index in [4.69, 9.17) is 9.84 Å². The fraction of sp³-hybridized carbons (Fsp3) is 0.438. The minimum absolute atomic E-state index is 0.0695. The topological polar surface area (TPSA) is 148 Å². The molecule has 0 saturated heterocycles. The van der Waals surface area contributed by atoms with E-state index in [1.54, 1.807) is 0 Å². The molecule has 0 fully saturated rings. The van der Waals surface area contributed by atoms with Crippen LogP contribution in [0.5, 0.6) is 5.75 Å². The lowest BCUT2D eigenvalue weighted by atomic mass is 10.0. The summed E-state index contributed by atoms with van der Waals surface area (Å²) in [6, 6.07) is 4.53. The molecule has 1 rings (SSSR count).